The molecule has 0 aliphatic carbocycles. The van der Waals surface area contributed by atoms with Gasteiger partial charge in [-0.25, -0.2) is 14.8 Å². The van der Waals surface area contributed by atoms with Crippen LogP contribution in [0.2, 0.25) is 0 Å². The van der Waals surface area contributed by atoms with Crippen LogP contribution < -0.4 is 5.32 Å². The molecule has 6 nitrogen and oxygen atoms in total. The van der Waals surface area contributed by atoms with E-state index in [1.807, 2.05) is 0 Å². The van der Waals surface area contributed by atoms with Gasteiger partial charge in [0, 0.05) is 19.3 Å². The molecule has 19 heavy (non-hydrogen) atoms. The summed E-state index contributed by atoms with van der Waals surface area (Å²) in [4.78, 5) is 19.3. The molecule has 0 saturated heterocycles. The van der Waals surface area contributed by atoms with Gasteiger partial charge in [0.05, 0.1) is 13.7 Å². The van der Waals surface area contributed by atoms with Crippen LogP contribution in [0.3, 0.4) is 0 Å². The summed E-state index contributed by atoms with van der Waals surface area (Å²) in [5, 5.41) is 3.04. The summed E-state index contributed by atoms with van der Waals surface area (Å²) in [6.45, 7) is 6.21. The van der Waals surface area contributed by atoms with E-state index in [1.54, 1.807) is 0 Å². The first-order chi connectivity index (χ1) is 9.15. The van der Waals surface area contributed by atoms with E-state index in [0.29, 0.717) is 30.5 Å². The van der Waals surface area contributed by atoms with Gasteiger partial charge in [0.15, 0.2) is 0 Å². The lowest BCUT2D eigenvalue weighted by Gasteiger charge is -2.10. The van der Waals surface area contributed by atoms with E-state index in [4.69, 9.17) is 4.74 Å². The fourth-order valence-electron chi connectivity index (χ4n) is 1.39. The normalized spacial score (nSPS) is 10.5. The molecule has 0 bridgehead atoms. The van der Waals surface area contributed by atoms with E-state index >= 15 is 0 Å². The van der Waals surface area contributed by atoms with Gasteiger partial charge >= 0.3 is 5.97 Å². The molecule has 0 spiro atoms. The quantitative estimate of drug-likeness (QED) is 0.571. The fraction of sp³-hybridized carbons (Fsp3) is 0.615. The van der Waals surface area contributed by atoms with Crippen molar-refractivity contribution in [2.75, 3.05) is 32.2 Å². The van der Waals surface area contributed by atoms with Gasteiger partial charge in [-0.05, 0) is 12.3 Å². The van der Waals surface area contributed by atoms with Gasteiger partial charge in [0.1, 0.15) is 17.7 Å². The Morgan fingerprint density at radius 2 is 2.21 bits per heavy atom. The van der Waals surface area contributed by atoms with Crippen molar-refractivity contribution >= 4 is 11.8 Å². The molecule has 1 aromatic rings. The van der Waals surface area contributed by atoms with Crippen LogP contribution in [-0.4, -0.2) is 42.8 Å². The molecule has 1 heterocycles. The Morgan fingerprint density at radius 3 is 2.89 bits per heavy atom. The van der Waals surface area contributed by atoms with Crippen LogP contribution in [0.5, 0.6) is 0 Å². The van der Waals surface area contributed by atoms with Crippen LogP contribution in [-0.2, 0) is 9.47 Å². The molecule has 0 aliphatic rings. The number of hydrogen-bond donors (Lipinski definition) is 1. The average molecular weight is 267 g/mol. The Balaban J connectivity index is 2.35. The van der Waals surface area contributed by atoms with Crippen molar-refractivity contribution < 1.29 is 14.3 Å². The molecule has 0 atom stereocenters. The van der Waals surface area contributed by atoms with Gasteiger partial charge in [-0.15, -0.1) is 0 Å². The predicted molar refractivity (Wildman–Crippen MR) is 72.1 cm³/mol. The molecular weight excluding hydrogens is 246 g/mol. The number of esters is 1. The number of anilines is 1. The summed E-state index contributed by atoms with van der Waals surface area (Å²) in [7, 11) is 1.33. The highest BCUT2D eigenvalue weighted by Crippen LogP contribution is 2.10. The number of rotatable bonds is 8. The first-order valence-electron chi connectivity index (χ1n) is 6.35. The molecule has 1 rings (SSSR count). The minimum atomic E-state index is -0.455. The van der Waals surface area contributed by atoms with Crippen molar-refractivity contribution in [3.8, 4) is 0 Å². The summed E-state index contributed by atoms with van der Waals surface area (Å²) < 4.78 is 10.1. The molecule has 0 aromatic carbocycles. The number of carbonyl (C=O) groups excluding carboxylic acids is 1. The Bertz CT molecular complexity index is 396. The second kappa shape index (κ2) is 8.42. The van der Waals surface area contributed by atoms with Crippen LogP contribution in [0, 0.1) is 5.92 Å². The molecule has 0 aliphatic heterocycles. The van der Waals surface area contributed by atoms with E-state index in [1.165, 1.54) is 19.6 Å². The van der Waals surface area contributed by atoms with Crippen LogP contribution in [0.15, 0.2) is 12.5 Å². The zero-order valence-corrected chi connectivity index (χ0v) is 11.7. The van der Waals surface area contributed by atoms with Crippen molar-refractivity contribution in [1.82, 2.24) is 9.97 Å². The van der Waals surface area contributed by atoms with E-state index in [9.17, 15) is 4.79 Å². The summed E-state index contributed by atoms with van der Waals surface area (Å²) in [6.07, 6.45) is 3.86. The number of aromatic nitrogens is 2. The second-order valence-corrected chi connectivity index (χ2v) is 4.50. The molecule has 1 N–H and O–H groups in total. The largest absolute Gasteiger partial charge is 0.465 e. The molecule has 6 heteroatoms. The van der Waals surface area contributed by atoms with Gasteiger partial charge in [-0.1, -0.05) is 13.8 Å². The predicted octanol–water partition coefficient (Wildman–Crippen LogP) is 1.74. The molecule has 0 unspecified atom stereocenters. The monoisotopic (exact) mass is 267 g/mol. The summed E-state index contributed by atoms with van der Waals surface area (Å²) in [6, 6.07) is 0. The lowest BCUT2D eigenvalue weighted by molar-refractivity contribution is 0.0600. The Labute approximate surface area is 113 Å². The SMILES string of the molecule is COC(=O)c1cncnc1NCCOCCC(C)C. The molecule has 106 valence electrons. The van der Waals surface area contributed by atoms with Gasteiger partial charge in [-0.3, -0.25) is 0 Å². The smallest absolute Gasteiger partial charge is 0.343 e. The fourth-order valence-corrected chi connectivity index (χ4v) is 1.39. The minimum absolute atomic E-state index is 0.326. The van der Waals surface area contributed by atoms with Gasteiger partial charge < -0.3 is 14.8 Å². The highest BCUT2D eigenvalue weighted by molar-refractivity contribution is 5.94. The first kappa shape index (κ1) is 15.4. The summed E-state index contributed by atoms with van der Waals surface area (Å²) >= 11 is 0. The molecule has 0 fully saturated rings. The van der Waals surface area contributed by atoms with E-state index < -0.39 is 5.97 Å². The zero-order chi connectivity index (χ0) is 14.1. The second-order valence-electron chi connectivity index (χ2n) is 4.50. The summed E-state index contributed by atoms with van der Waals surface area (Å²) in [5.41, 5.74) is 0.326. The molecule has 0 saturated carbocycles. The van der Waals surface area contributed by atoms with Crippen LogP contribution in [0.4, 0.5) is 5.82 Å². The topological polar surface area (TPSA) is 73.3 Å². The Kier molecular flexibility index (Phi) is 6.81. The van der Waals surface area contributed by atoms with Crippen molar-refractivity contribution in [3.05, 3.63) is 18.1 Å². The van der Waals surface area contributed by atoms with Crippen LogP contribution in [0.25, 0.3) is 0 Å². The zero-order valence-electron chi connectivity index (χ0n) is 11.7. The molecular formula is C13H21N3O3. The Hall–Kier alpha value is -1.69. The number of hydrogen-bond acceptors (Lipinski definition) is 6. The maximum atomic E-state index is 11.5. The maximum Gasteiger partial charge on any atom is 0.343 e. The lowest BCUT2D eigenvalue weighted by Crippen LogP contribution is -2.15. The Morgan fingerprint density at radius 1 is 1.42 bits per heavy atom. The van der Waals surface area contributed by atoms with Crippen molar-refractivity contribution in [3.63, 3.8) is 0 Å². The van der Waals surface area contributed by atoms with Crippen molar-refractivity contribution in [2.45, 2.75) is 20.3 Å². The molecule has 0 radical (unpaired) electrons. The van der Waals surface area contributed by atoms with Crippen LogP contribution >= 0.6 is 0 Å². The molecule has 0 amide bonds. The number of ether oxygens (including phenoxy) is 2. The average Bonchev–Trinajstić information content (AvgIpc) is 2.42. The maximum absolute atomic E-state index is 11.5. The highest BCUT2D eigenvalue weighted by atomic mass is 16.5. The van der Waals surface area contributed by atoms with Gasteiger partial charge in [0.25, 0.3) is 0 Å². The lowest BCUT2D eigenvalue weighted by atomic mass is 10.1. The van der Waals surface area contributed by atoms with Gasteiger partial charge in [-0.2, -0.15) is 0 Å². The third kappa shape index (κ3) is 5.65. The number of nitrogens with zero attached hydrogens (tertiary/aromatic N) is 2. The van der Waals surface area contributed by atoms with Crippen LogP contribution in [0.1, 0.15) is 30.6 Å². The van der Waals surface area contributed by atoms with E-state index in [2.05, 4.69) is 33.9 Å². The molecule has 1 aromatic heterocycles. The first-order valence-corrected chi connectivity index (χ1v) is 6.35. The summed E-state index contributed by atoms with van der Waals surface area (Å²) in [5.74, 6) is 0.652. The minimum Gasteiger partial charge on any atom is -0.465 e. The van der Waals surface area contributed by atoms with Crippen molar-refractivity contribution in [1.29, 1.82) is 0 Å². The third-order valence-electron chi connectivity index (χ3n) is 2.50. The standard InChI is InChI=1S/C13H21N3O3/c1-10(2)4-6-19-7-5-15-12-11(13(17)18-3)8-14-9-16-12/h8-10H,4-7H2,1-3H3,(H,14,15,16). The number of carbonyl (C=O) groups is 1. The third-order valence-corrected chi connectivity index (χ3v) is 2.50. The highest BCUT2D eigenvalue weighted by Gasteiger charge is 2.12. The van der Waals surface area contributed by atoms with E-state index in [0.717, 1.165) is 13.0 Å². The number of nitrogens with one attached hydrogen (secondary N) is 1. The van der Waals surface area contributed by atoms with Crippen molar-refractivity contribution in [2.24, 2.45) is 5.92 Å². The van der Waals surface area contributed by atoms with E-state index in [-0.39, 0.29) is 0 Å². The van der Waals surface area contributed by atoms with Gasteiger partial charge in [0.2, 0.25) is 0 Å². The number of methoxy groups -OCH3 is 1.